The normalized spacial score (nSPS) is 11.9. The van der Waals surface area contributed by atoms with Crippen LogP contribution in [0.15, 0.2) is 12.1 Å². The fourth-order valence-electron chi connectivity index (χ4n) is 0.269. The molecule has 0 spiro atoms. The molecule has 0 aliphatic rings. The molecule has 0 amide bonds. The summed E-state index contributed by atoms with van der Waals surface area (Å²) in [6.45, 7) is 8.44. The minimum absolute atomic E-state index is 0.392. The number of ether oxygens (including phenoxy) is 1. The van der Waals surface area contributed by atoms with E-state index in [0.29, 0.717) is 6.61 Å². The average Bonchev–Trinajstić information content (AvgIpc) is 2.02. The van der Waals surface area contributed by atoms with Crippen molar-refractivity contribution in [3.05, 3.63) is 12.1 Å². The molecule has 0 atom stereocenters. The van der Waals surface area contributed by atoms with E-state index >= 15 is 0 Å². The molecule has 0 bridgehead atoms. The summed E-state index contributed by atoms with van der Waals surface area (Å²) in [5.74, 6) is 0.757. The molecule has 4 nitrogen and oxygen atoms in total. The first kappa shape index (κ1) is 17.6. The zero-order chi connectivity index (χ0) is 13.4. The maximum Gasteiger partial charge on any atom is 0.329 e. The molecule has 0 saturated heterocycles. The van der Waals surface area contributed by atoms with Crippen LogP contribution in [0.25, 0.3) is 0 Å². The summed E-state index contributed by atoms with van der Waals surface area (Å²) in [5.41, 5.74) is -2.01. The van der Waals surface area contributed by atoms with E-state index in [9.17, 15) is 4.79 Å². The van der Waals surface area contributed by atoms with E-state index in [-0.39, 0.29) is 0 Å². The minimum atomic E-state index is -1.01. The van der Waals surface area contributed by atoms with Gasteiger partial charge < -0.3 is 14.9 Å². The van der Waals surface area contributed by atoms with Crippen LogP contribution in [0, 0.1) is 0 Å². The van der Waals surface area contributed by atoms with Crippen LogP contribution in [-0.2, 0) is 9.53 Å². The molecule has 0 rings (SSSR count). The fraction of sp³-hybridized carbons (Fsp3) is 0.727. The third kappa shape index (κ3) is 9.74. The van der Waals surface area contributed by atoms with Crippen molar-refractivity contribution in [2.75, 3.05) is 6.61 Å². The summed E-state index contributed by atoms with van der Waals surface area (Å²) < 4.78 is 4.48. The Morgan fingerprint density at radius 1 is 1.25 bits per heavy atom. The molecule has 2 radical (unpaired) electrons. The molecule has 0 heterocycles. The van der Waals surface area contributed by atoms with Gasteiger partial charge in [-0.3, -0.25) is 0 Å². The fourth-order valence-corrected chi connectivity index (χ4v) is 0.269. The maximum absolute atomic E-state index is 10.3. The Morgan fingerprint density at radius 3 is 1.81 bits per heavy atom. The van der Waals surface area contributed by atoms with Crippen molar-refractivity contribution < 1.29 is 19.7 Å². The first-order valence-electron chi connectivity index (χ1n) is 5.06. The lowest BCUT2D eigenvalue weighted by Crippen LogP contribution is -2.44. The number of carbonyl (C=O) groups is 1. The van der Waals surface area contributed by atoms with Crippen LogP contribution in [-0.4, -0.2) is 41.8 Å². The first-order valence-corrected chi connectivity index (χ1v) is 5.06. The van der Waals surface area contributed by atoms with Gasteiger partial charge in [0.15, 0.2) is 0 Å². The summed E-state index contributed by atoms with van der Waals surface area (Å²) >= 11 is 0. The standard InChI is InChI=1S/C6H14O2.C5H7BO2/c1-5(2,7)6(3,4)8;1-2-8-5(7)3-4-6/h7-8H,1-4H3;3-4H,2H2,1H3/b;4-3+. The van der Waals surface area contributed by atoms with Crippen LogP contribution in [0.4, 0.5) is 0 Å². The highest BCUT2D eigenvalue weighted by Gasteiger charge is 2.31. The van der Waals surface area contributed by atoms with Gasteiger partial charge in [0.1, 0.15) is 7.85 Å². The molecule has 0 aromatic rings. The van der Waals surface area contributed by atoms with Gasteiger partial charge in [0.2, 0.25) is 0 Å². The Hall–Kier alpha value is -0.805. The molecule has 0 aromatic heterocycles. The Labute approximate surface area is 98.7 Å². The van der Waals surface area contributed by atoms with Gasteiger partial charge in [-0.05, 0) is 34.6 Å². The molecular weight excluding hydrogens is 207 g/mol. The largest absolute Gasteiger partial charge is 0.463 e. The smallest absolute Gasteiger partial charge is 0.329 e. The molecule has 0 aliphatic heterocycles. The van der Waals surface area contributed by atoms with Gasteiger partial charge in [-0.15, -0.1) is 5.98 Å². The molecule has 0 fully saturated rings. The Kier molecular flexibility index (Phi) is 8.20. The van der Waals surface area contributed by atoms with Crippen molar-refractivity contribution in [2.45, 2.75) is 45.8 Å². The summed E-state index contributed by atoms with van der Waals surface area (Å²) in [6, 6.07) is 0. The number of hydrogen-bond donors (Lipinski definition) is 2. The van der Waals surface area contributed by atoms with Crippen LogP contribution in [0.5, 0.6) is 0 Å². The van der Waals surface area contributed by atoms with Crippen LogP contribution < -0.4 is 0 Å². The van der Waals surface area contributed by atoms with E-state index in [1.165, 1.54) is 6.08 Å². The number of esters is 1. The third-order valence-electron chi connectivity index (χ3n) is 2.02. The second-order valence-corrected chi connectivity index (χ2v) is 4.23. The topological polar surface area (TPSA) is 66.8 Å². The van der Waals surface area contributed by atoms with E-state index in [1.54, 1.807) is 34.6 Å². The molecule has 0 aromatic carbocycles. The lowest BCUT2D eigenvalue weighted by Gasteiger charge is -2.31. The lowest BCUT2D eigenvalue weighted by molar-refractivity contribution is -0.137. The van der Waals surface area contributed by atoms with E-state index in [4.69, 9.17) is 18.1 Å². The van der Waals surface area contributed by atoms with Gasteiger partial charge in [0, 0.05) is 6.08 Å². The summed E-state index contributed by atoms with van der Waals surface area (Å²) in [7, 11) is 4.88. The Morgan fingerprint density at radius 2 is 1.62 bits per heavy atom. The minimum Gasteiger partial charge on any atom is -0.463 e. The van der Waals surface area contributed by atoms with Gasteiger partial charge in [0.05, 0.1) is 17.8 Å². The molecular formula is C11H21BO4. The van der Waals surface area contributed by atoms with E-state index < -0.39 is 17.2 Å². The highest BCUT2D eigenvalue weighted by Crippen LogP contribution is 2.19. The number of carbonyl (C=O) groups excluding carboxylic acids is 1. The Balaban J connectivity index is 0. The quantitative estimate of drug-likeness (QED) is 0.425. The predicted octanol–water partition coefficient (Wildman–Crippen LogP) is 0.760. The molecule has 0 unspecified atom stereocenters. The van der Waals surface area contributed by atoms with Crippen LogP contribution in [0.3, 0.4) is 0 Å². The van der Waals surface area contributed by atoms with Crippen LogP contribution in [0.2, 0.25) is 0 Å². The summed E-state index contributed by atoms with van der Waals surface area (Å²) in [5, 5.41) is 18.2. The molecule has 16 heavy (non-hydrogen) atoms. The monoisotopic (exact) mass is 228 g/mol. The van der Waals surface area contributed by atoms with E-state index in [1.807, 2.05) is 0 Å². The van der Waals surface area contributed by atoms with E-state index in [2.05, 4.69) is 4.74 Å². The average molecular weight is 228 g/mol. The first-order chi connectivity index (χ1) is 7.06. The van der Waals surface area contributed by atoms with Gasteiger partial charge in [-0.25, -0.2) is 4.79 Å². The SMILES string of the molecule is CC(C)(O)C(C)(C)O.[B]/C=C/C(=O)OCC. The third-order valence-corrected chi connectivity index (χ3v) is 2.02. The lowest BCUT2D eigenvalue weighted by atomic mass is 9.90. The number of hydrogen-bond acceptors (Lipinski definition) is 4. The molecule has 2 N–H and O–H groups in total. The molecule has 0 saturated carbocycles. The maximum atomic E-state index is 10.3. The van der Waals surface area contributed by atoms with Gasteiger partial charge in [-0.2, -0.15) is 0 Å². The van der Waals surface area contributed by atoms with Crippen LogP contribution >= 0.6 is 0 Å². The highest BCUT2D eigenvalue weighted by molar-refractivity contribution is 6.18. The van der Waals surface area contributed by atoms with Crippen LogP contribution in [0.1, 0.15) is 34.6 Å². The Bertz CT molecular complexity index is 211. The van der Waals surface area contributed by atoms with Gasteiger partial charge >= 0.3 is 5.97 Å². The number of aliphatic hydroxyl groups is 2. The zero-order valence-electron chi connectivity index (χ0n) is 10.7. The van der Waals surface area contributed by atoms with Crippen molar-refractivity contribution in [1.82, 2.24) is 0 Å². The zero-order valence-corrected chi connectivity index (χ0v) is 10.7. The number of rotatable bonds is 3. The van der Waals surface area contributed by atoms with Gasteiger partial charge in [0.25, 0.3) is 0 Å². The van der Waals surface area contributed by atoms with Gasteiger partial charge in [-0.1, -0.05) is 0 Å². The molecule has 5 heteroatoms. The molecule has 0 aliphatic carbocycles. The van der Waals surface area contributed by atoms with Crippen molar-refractivity contribution in [2.24, 2.45) is 0 Å². The van der Waals surface area contributed by atoms with E-state index in [0.717, 1.165) is 5.98 Å². The van der Waals surface area contributed by atoms with Crippen molar-refractivity contribution in [3.8, 4) is 0 Å². The second kappa shape index (κ2) is 7.47. The summed E-state index contributed by atoms with van der Waals surface area (Å²) in [6.07, 6.45) is 1.17. The highest BCUT2D eigenvalue weighted by atomic mass is 16.5. The molecule has 92 valence electrons. The second-order valence-electron chi connectivity index (χ2n) is 4.23. The van der Waals surface area contributed by atoms with Crippen molar-refractivity contribution in [1.29, 1.82) is 0 Å². The van der Waals surface area contributed by atoms with Crippen molar-refractivity contribution in [3.63, 3.8) is 0 Å². The van der Waals surface area contributed by atoms with Crippen molar-refractivity contribution >= 4 is 13.8 Å². The summed E-state index contributed by atoms with van der Waals surface area (Å²) in [4.78, 5) is 10.3. The predicted molar refractivity (Wildman–Crippen MR) is 64.1 cm³/mol.